The molecule has 0 aromatic rings. The van der Waals surface area contributed by atoms with Crippen LogP contribution < -0.4 is 0 Å². The van der Waals surface area contributed by atoms with Gasteiger partial charge in [-0.1, -0.05) is 0 Å². The molecule has 0 aliphatic rings. The summed E-state index contributed by atoms with van der Waals surface area (Å²) in [5.74, 6) is -2.76. The molecule has 0 amide bonds. The average Bonchev–Trinajstić information content (AvgIpc) is 1.98. The summed E-state index contributed by atoms with van der Waals surface area (Å²) in [6.07, 6.45) is -20.6. The fourth-order valence-corrected chi connectivity index (χ4v) is 0.186. The maximum atomic E-state index is 11.0. The van der Waals surface area contributed by atoms with Crippen LogP contribution in [-0.2, 0) is 4.79 Å². The summed E-state index contributed by atoms with van der Waals surface area (Å²) in [6, 6.07) is 0. The Kier molecular flexibility index (Phi) is 5.80. The quantitative estimate of drug-likeness (QED) is 0.669. The molecule has 0 aromatic heterocycles. The molecule has 0 heterocycles. The number of carboxylic acids is 1. The van der Waals surface area contributed by atoms with Gasteiger partial charge in [0.05, 0.1) is 0 Å². The average molecular weight is 282 g/mol. The highest BCUT2D eigenvalue weighted by Crippen LogP contribution is 2.32. The van der Waals surface area contributed by atoms with E-state index in [9.17, 15) is 39.5 Å². The van der Waals surface area contributed by atoms with Crippen molar-refractivity contribution in [3.05, 3.63) is 0 Å². The molecule has 0 aliphatic carbocycles. The molecule has 0 saturated heterocycles. The van der Waals surface area contributed by atoms with Crippen molar-refractivity contribution in [2.24, 2.45) is 0 Å². The van der Waals surface area contributed by atoms with Crippen LogP contribution in [0.15, 0.2) is 0 Å². The zero-order valence-electron chi connectivity index (χ0n) is 7.28. The van der Waals surface area contributed by atoms with Gasteiger partial charge < -0.3 is 10.2 Å². The summed E-state index contributed by atoms with van der Waals surface area (Å²) in [4.78, 5) is 8.90. The molecule has 0 rings (SSSR count). The third kappa shape index (κ3) is 8.59. The van der Waals surface area contributed by atoms with Crippen LogP contribution in [0.3, 0.4) is 0 Å². The Balaban J connectivity index is 0. The lowest BCUT2D eigenvalue weighted by Gasteiger charge is -2.16. The molecule has 12 heteroatoms. The van der Waals surface area contributed by atoms with Crippen molar-refractivity contribution in [2.45, 2.75) is 24.6 Å². The second-order valence-electron chi connectivity index (χ2n) is 2.29. The summed E-state index contributed by atoms with van der Waals surface area (Å²) in [7, 11) is 0. The first-order valence-corrected chi connectivity index (χ1v) is 3.21. The molecule has 17 heavy (non-hydrogen) atoms. The Hall–Kier alpha value is -1.20. The van der Waals surface area contributed by atoms with Crippen LogP contribution in [0.25, 0.3) is 0 Å². The predicted octanol–water partition coefficient (Wildman–Crippen LogP) is 2.11. The molecule has 0 radical (unpaired) electrons. The van der Waals surface area contributed by atoms with Gasteiger partial charge in [-0.2, -0.15) is 39.5 Å². The third-order valence-corrected chi connectivity index (χ3v) is 0.863. The second-order valence-corrected chi connectivity index (χ2v) is 2.29. The minimum atomic E-state index is -5.63. The summed E-state index contributed by atoms with van der Waals surface area (Å²) >= 11 is 0. The van der Waals surface area contributed by atoms with Gasteiger partial charge in [0, 0.05) is 0 Å². The normalized spacial score (nSPS) is 13.1. The number of hydrogen-bond donors (Lipinski definition) is 2. The fourth-order valence-electron chi connectivity index (χ4n) is 0.186. The van der Waals surface area contributed by atoms with E-state index >= 15 is 0 Å². The number of hydrogen-bond acceptors (Lipinski definition) is 2. The van der Waals surface area contributed by atoms with Gasteiger partial charge in [0.15, 0.2) is 0 Å². The Bertz CT molecular complexity index is 235. The van der Waals surface area contributed by atoms with Gasteiger partial charge in [-0.15, -0.1) is 0 Å². The van der Waals surface area contributed by atoms with Crippen molar-refractivity contribution in [1.29, 1.82) is 0 Å². The minimum Gasteiger partial charge on any atom is -0.475 e. The topological polar surface area (TPSA) is 57.5 Å². The predicted molar refractivity (Wildman–Crippen MR) is 31.8 cm³/mol. The van der Waals surface area contributed by atoms with Crippen LogP contribution in [-0.4, -0.2) is 40.8 Å². The molecule has 104 valence electrons. The molecule has 3 nitrogen and oxygen atoms in total. The van der Waals surface area contributed by atoms with Gasteiger partial charge in [-0.05, 0) is 0 Å². The number of alkyl halides is 9. The summed E-state index contributed by atoms with van der Waals surface area (Å²) in [5, 5.41) is 14.6. The number of aliphatic carboxylic acids is 1. The highest BCUT2D eigenvalue weighted by Gasteiger charge is 2.55. The monoisotopic (exact) mass is 282 g/mol. The van der Waals surface area contributed by atoms with Crippen molar-refractivity contribution in [1.82, 2.24) is 0 Å². The molecule has 0 bridgehead atoms. The van der Waals surface area contributed by atoms with Gasteiger partial charge in [-0.3, -0.25) is 0 Å². The van der Waals surface area contributed by atoms with E-state index < -0.39 is 30.6 Å². The zero-order valence-corrected chi connectivity index (χ0v) is 7.28. The first kappa shape index (κ1) is 18.2. The van der Waals surface area contributed by atoms with Crippen molar-refractivity contribution in [2.75, 3.05) is 0 Å². The number of aliphatic hydroxyl groups excluding tert-OH is 1. The first-order valence-electron chi connectivity index (χ1n) is 3.21. The lowest BCUT2D eigenvalue weighted by atomic mass is 10.3. The number of carbonyl (C=O) groups is 1. The van der Waals surface area contributed by atoms with Gasteiger partial charge in [-0.25, -0.2) is 4.79 Å². The first-order chi connectivity index (χ1) is 7.10. The lowest BCUT2D eigenvalue weighted by Crippen LogP contribution is -2.41. The molecule has 0 spiro atoms. The van der Waals surface area contributed by atoms with Crippen molar-refractivity contribution in [3.8, 4) is 0 Å². The Morgan fingerprint density at radius 2 is 1.00 bits per heavy atom. The van der Waals surface area contributed by atoms with E-state index in [2.05, 4.69) is 0 Å². The van der Waals surface area contributed by atoms with Crippen molar-refractivity contribution < 1.29 is 54.5 Å². The SMILES string of the molecule is O=C(O)C(F)(F)F.OC(C(F)(F)F)C(F)(F)F. The Labute approximate surface area is 86.4 Å². The third-order valence-electron chi connectivity index (χ3n) is 0.863. The van der Waals surface area contributed by atoms with Crippen LogP contribution in [0.1, 0.15) is 0 Å². The highest BCUT2D eigenvalue weighted by atomic mass is 19.4. The molecule has 0 aromatic carbocycles. The van der Waals surface area contributed by atoms with Gasteiger partial charge in [0.25, 0.3) is 0 Å². The molecular weight excluding hydrogens is 279 g/mol. The number of aliphatic hydroxyl groups is 1. The number of rotatable bonds is 0. The molecule has 2 N–H and O–H groups in total. The largest absolute Gasteiger partial charge is 0.490 e. The van der Waals surface area contributed by atoms with Gasteiger partial charge in [0.2, 0.25) is 6.10 Å². The number of halogens is 9. The lowest BCUT2D eigenvalue weighted by molar-refractivity contribution is -0.308. The highest BCUT2D eigenvalue weighted by molar-refractivity contribution is 5.73. The molecule has 0 atom stereocenters. The molecule has 0 aliphatic heterocycles. The van der Waals surface area contributed by atoms with Crippen LogP contribution in [0.2, 0.25) is 0 Å². The molecule has 0 unspecified atom stereocenters. The molecule has 0 fully saturated rings. The van der Waals surface area contributed by atoms with Crippen LogP contribution >= 0.6 is 0 Å². The fraction of sp³-hybridized carbons (Fsp3) is 0.800. The standard InChI is InChI=1S/C3H2F6O.C2HF3O2/c4-2(5,6)1(10)3(7,8)9;3-2(4,5)1(6)7/h1,10H;(H,6,7). The second kappa shape index (κ2) is 5.42. The maximum Gasteiger partial charge on any atom is 0.490 e. The van der Waals surface area contributed by atoms with E-state index in [0.29, 0.717) is 0 Å². The smallest absolute Gasteiger partial charge is 0.475 e. The Morgan fingerprint density at radius 1 is 0.824 bits per heavy atom. The van der Waals surface area contributed by atoms with E-state index in [4.69, 9.17) is 15.0 Å². The van der Waals surface area contributed by atoms with E-state index in [0.717, 1.165) is 0 Å². The molecular formula is C5H3F9O3. The zero-order chi connectivity index (χ0) is 14.7. The van der Waals surface area contributed by atoms with Gasteiger partial charge in [0.1, 0.15) is 0 Å². The van der Waals surface area contributed by atoms with E-state index in [1.54, 1.807) is 0 Å². The summed E-state index contributed by atoms with van der Waals surface area (Å²) in [6.45, 7) is 0. The minimum absolute atomic E-state index is 2.76. The van der Waals surface area contributed by atoms with Crippen LogP contribution in [0, 0.1) is 0 Å². The maximum absolute atomic E-state index is 11.0. The van der Waals surface area contributed by atoms with Crippen LogP contribution in [0.4, 0.5) is 39.5 Å². The Morgan fingerprint density at radius 3 is 1.00 bits per heavy atom. The van der Waals surface area contributed by atoms with E-state index in [1.165, 1.54) is 0 Å². The van der Waals surface area contributed by atoms with Crippen molar-refractivity contribution in [3.63, 3.8) is 0 Å². The number of carboxylic acid groups (broad SMARTS) is 1. The van der Waals surface area contributed by atoms with Crippen molar-refractivity contribution >= 4 is 5.97 Å². The van der Waals surface area contributed by atoms with Gasteiger partial charge >= 0.3 is 24.5 Å². The molecule has 0 saturated carbocycles. The van der Waals surface area contributed by atoms with Crippen LogP contribution in [0.5, 0.6) is 0 Å². The van der Waals surface area contributed by atoms with E-state index in [-0.39, 0.29) is 0 Å². The summed E-state index contributed by atoms with van der Waals surface area (Å²) in [5.41, 5.74) is 0. The summed E-state index contributed by atoms with van der Waals surface area (Å²) < 4.78 is 97.6. The van der Waals surface area contributed by atoms with E-state index in [1.807, 2.05) is 0 Å².